The number of allylic oxidation sites excluding steroid dienone is 2. The van der Waals surface area contributed by atoms with Crippen molar-refractivity contribution in [3.63, 3.8) is 0 Å². The van der Waals surface area contributed by atoms with E-state index in [9.17, 15) is 0 Å². The molecule has 2 nitrogen and oxygen atoms in total. The summed E-state index contributed by atoms with van der Waals surface area (Å²) in [6, 6.07) is 31.7. The van der Waals surface area contributed by atoms with Crippen LogP contribution in [0.25, 0.3) is 34.4 Å². The third-order valence-electron chi connectivity index (χ3n) is 10.6. The fourth-order valence-corrected chi connectivity index (χ4v) is 31.4. The number of hydrogen-bond donors (Lipinski definition) is 0. The van der Waals surface area contributed by atoms with Gasteiger partial charge in [-0.1, -0.05) is 0 Å². The first-order chi connectivity index (χ1) is 21.6. The number of hydrogen-bond acceptors (Lipinski definition) is 2. The SMILES string of the molecule is CCCC1=Cc2c(-c3ccc(OC)cc3)cccc2[CH]1[Hf]1([CH]2C(CCC)=Cc3c(-c4ccc(OC)cc4)cccc32)[CH2]C[CH2]1.Cl.Cl. The molecule has 2 aliphatic carbocycles. The molecule has 0 bridgehead atoms. The number of rotatable bonds is 10. The summed E-state index contributed by atoms with van der Waals surface area (Å²) in [5, 5.41) is 0. The van der Waals surface area contributed by atoms with Gasteiger partial charge in [-0.2, -0.15) is 0 Å². The number of methoxy groups -OCH3 is 2. The van der Waals surface area contributed by atoms with Crippen LogP contribution in [0.15, 0.2) is 96.1 Å². The first kappa shape index (κ1) is 34.7. The molecule has 3 aliphatic rings. The Bertz CT molecular complexity index is 1610. The van der Waals surface area contributed by atoms with E-state index in [1.54, 1.807) is 36.5 Å². The second-order valence-corrected chi connectivity index (χ2v) is 29.6. The van der Waals surface area contributed by atoms with Gasteiger partial charge in [-0.25, -0.2) is 0 Å². The molecule has 0 spiro atoms. The second-order valence-electron chi connectivity index (χ2n) is 13.0. The van der Waals surface area contributed by atoms with Gasteiger partial charge >= 0.3 is 270 Å². The van der Waals surface area contributed by atoms with E-state index >= 15 is 0 Å². The van der Waals surface area contributed by atoms with Crippen molar-refractivity contribution in [2.24, 2.45) is 0 Å². The molecule has 5 heteroatoms. The molecule has 1 heterocycles. The molecule has 2 unspecified atom stereocenters. The van der Waals surface area contributed by atoms with Gasteiger partial charge in [0.15, 0.2) is 0 Å². The molecule has 0 amide bonds. The van der Waals surface area contributed by atoms with Crippen molar-refractivity contribution in [2.75, 3.05) is 14.2 Å². The first-order valence-corrected chi connectivity index (χ1v) is 25.8. The fourth-order valence-electron chi connectivity index (χ4n) is 8.67. The van der Waals surface area contributed by atoms with Gasteiger partial charge in [0.2, 0.25) is 0 Å². The summed E-state index contributed by atoms with van der Waals surface area (Å²) < 4.78 is 15.3. The molecule has 0 aromatic heterocycles. The Morgan fingerprint density at radius 2 is 1.00 bits per heavy atom. The predicted molar refractivity (Wildman–Crippen MR) is 197 cm³/mol. The Hall–Kier alpha value is -2.59. The van der Waals surface area contributed by atoms with Crippen LogP contribution in [0.2, 0.25) is 8.35 Å². The number of fused-ring (bicyclic) bond motifs is 2. The quantitative estimate of drug-likeness (QED) is 0.148. The third-order valence-corrected chi connectivity index (χ3v) is 33.0. The Morgan fingerprint density at radius 1 is 0.587 bits per heavy atom. The molecular formula is C41H46Cl2HfO2. The fraction of sp³-hybridized carbons (Fsp3) is 0.317. The van der Waals surface area contributed by atoms with E-state index in [0.29, 0.717) is 7.35 Å². The normalized spacial score (nSPS) is 18.6. The zero-order chi connectivity index (χ0) is 30.3. The topological polar surface area (TPSA) is 18.5 Å². The second kappa shape index (κ2) is 14.7. The molecule has 7 rings (SSSR count). The van der Waals surface area contributed by atoms with Gasteiger partial charge in [-0.3, -0.25) is 0 Å². The Labute approximate surface area is 292 Å². The summed E-state index contributed by atoms with van der Waals surface area (Å²) in [4.78, 5) is 0. The summed E-state index contributed by atoms with van der Waals surface area (Å²) in [6.07, 6.45) is 11.5. The molecule has 0 N–H and O–H groups in total. The maximum atomic E-state index is 5.48. The standard InChI is InChI=1S/2C19H19O.C3H6.2ClH.Hf/c2*1-3-5-14-12-16-6-4-7-18(19(16)13-14)15-8-10-17(20-2)11-9-15;1-3-2;;;/h2*4,6-13H,3,5H2,1-2H3;1-3H2;2*1H;. The minimum atomic E-state index is -3.06. The number of ether oxygens (including phenoxy) is 2. The van der Waals surface area contributed by atoms with E-state index in [0.717, 1.165) is 11.5 Å². The molecule has 46 heavy (non-hydrogen) atoms. The van der Waals surface area contributed by atoms with Gasteiger partial charge < -0.3 is 0 Å². The average Bonchev–Trinajstić information content (AvgIpc) is 3.60. The van der Waals surface area contributed by atoms with E-state index in [1.807, 2.05) is 0 Å². The van der Waals surface area contributed by atoms with E-state index in [2.05, 4.69) is 111 Å². The summed E-state index contributed by atoms with van der Waals surface area (Å²) >= 11 is -3.06. The molecule has 1 aliphatic heterocycles. The van der Waals surface area contributed by atoms with Crippen LogP contribution in [0, 0.1) is 0 Å². The average molecular weight is 820 g/mol. The van der Waals surface area contributed by atoms with Gasteiger partial charge in [0.1, 0.15) is 0 Å². The smallest absolute Gasteiger partial charge is 0.147 e. The summed E-state index contributed by atoms with van der Waals surface area (Å²) in [7, 11) is 3.49. The van der Waals surface area contributed by atoms with E-state index < -0.39 is 20.0 Å². The van der Waals surface area contributed by atoms with Crippen LogP contribution >= 0.6 is 24.8 Å². The van der Waals surface area contributed by atoms with Crippen LogP contribution in [-0.2, 0) is 20.0 Å². The Kier molecular flexibility index (Phi) is 11.1. The molecule has 4 aromatic carbocycles. The van der Waals surface area contributed by atoms with Crippen molar-refractivity contribution >= 4 is 37.0 Å². The zero-order valence-electron chi connectivity index (χ0n) is 27.5. The molecule has 2 atom stereocenters. The largest absolute Gasteiger partial charge is 0.147 e. The summed E-state index contributed by atoms with van der Waals surface area (Å²) in [5.41, 5.74) is 15.1. The monoisotopic (exact) mass is 820 g/mol. The molecule has 0 saturated carbocycles. The molecule has 1 saturated heterocycles. The molecule has 4 aromatic rings. The van der Waals surface area contributed by atoms with Gasteiger partial charge in [0, 0.05) is 0 Å². The summed E-state index contributed by atoms with van der Waals surface area (Å²) in [5.74, 6) is 1.83. The van der Waals surface area contributed by atoms with Crippen LogP contribution < -0.4 is 9.47 Å². The maximum Gasteiger partial charge on any atom is -0.147 e. The maximum absolute atomic E-state index is 5.48. The van der Waals surface area contributed by atoms with Crippen LogP contribution in [0.4, 0.5) is 0 Å². The zero-order valence-corrected chi connectivity index (χ0v) is 32.7. The molecule has 1 fully saturated rings. The van der Waals surface area contributed by atoms with Crippen LogP contribution in [0.5, 0.6) is 11.5 Å². The van der Waals surface area contributed by atoms with Crippen LogP contribution in [-0.4, -0.2) is 14.2 Å². The third kappa shape index (κ3) is 5.86. The molecule has 240 valence electrons. The number of benzene rings is 4. The van der Waals surface area contributed by atoms with Gasteiger partial charge in [0.25, 0.3) is 0 Å². The first-order valence-electron chi connectivity index (χ1n) is 16.6. The van der Waals surface area contributed by atoms with E-state index in [-0.39, 0.29) is 24.8 Å². The van der Waals surface area contributed by atoms with Crippen LogP contribution in [0.1, 0.15) is 75.6 Å². The van der Waals surface area contributed by atoms with Crippen molar-refractivity contribution in [1.29, 1.82) is 0 Å². The Balaban J connectivity index is 0.00000208. The van der Waals surface area contributed by atoms with Crippen molar-refractivity contribution in [2.45, 2.75) is 61.7 Å². The van der Waals surface area contributed by atoms with Gasteiger partial charge in [-0.05, 0) is 0 Å². The van der Waals surface area contributed by atoms with Crippen molar-refractivity contribution < 1.29 is 29.4 Å². The predicted octanol–water partition coefficient (Wildman–Crippen LogP) is 12.5. The van der Waals surface area contributed by atoms with Gasteiger partial charge in [0.05, 0.1) is 0 Å². The minimum Gasteiger partial charge on any atom is -0.147 e. The van der Waals surface area contributed by atoms with E-state index in [1.165, 1.54) is 73.8 Å². The van der Waals surface area contributed by atoms with Gasteiger partial charge in [-0.15, -0.1) is 24.8 Å². The summed E-state index contributed by atoms with van der Waals surface area (Å²) in [6.45, 7) is 4.73. The van der Waals surface area contributed by atoms with Crippen molar-refractivity contribution in [3.8, 4) is 33.8 Å². The number of halogens is 2. The van der Waals surface area contributed by atoms with Crippen molar-refractivity contribution in [3.05, 3.63) is 118 Å². The molecule has 0 radical (unpaired) electrons. The van der Waals surface area contributed by atoms with E-state index in [4.69, 9.17) is 9.47 Å². The molecular weight excluding hydrogens is 774 g/mol. The minimum absolute atomic E-state index is 0. The van der Waals surface area contributed by atoms with Crippen molar-refractivity contribution in [1.82, 2.24) is 0 Å². The Morgan fingerprint density at radius 3 is 1.33 bits per heavy atom. The van der Waals surface area contributed by atoms with Crippen LogP contribution in [0.3, 0.4) is 0 Å².